The number of anilines is 2. The number of rotatable bonds is 7. The van der Waals surface area contributed by atoms with Crippen molar-refractivity contribution in [1.29, 1.82) is 0 Å². The van der Waals surface area contributed by atoms with Gasteiger partial charge in [0, 0.05) is 5.56 Å². The van der Waals surface area contributed by atoms with Crippen LogP contribution in [0.2, 0.25) is 5.02 Å². The van der Waals surface area contributed by atoms with E-state index >= 15 is 0 Å². The number of amides is 1. The van der Waals surface area contributed by atoms with Crippen LogP contribution in [0.5, 0.6) is 0 Å². The first kappa shape index (κ1) is 24.0. The van der Waals surface area contributed by atoms with Gasteiger partial charge < -0.3 is 14.4 Å². The Morgan fingerprint density at radius 3 is 2.46 bits per heavy atom. The summed E-state index contributed by atoms with van der Waals surface area (Å²) < 4.78 is 11.0. The van der Waals surface area contributed by atoms with Crippen LogP contribution in [-0.4, -0.2) is 28.9 Å². The number of hydrogen-bond acceptors (Lipinski definition) is 5. The Morgan fingerprint density at radius 2 is 1.77 bits per heavy atom. The van der Waals surface area contributed by atoms with Crippen molar-refractivity contribution in [3.63, 3.8) is 0 Å². The second kappa shape index (κ2) is 10.4. The Hall–Kier alpha value is -4.10. The van der Waals surface area contributed by atoms with E-state index in [1.807, 2.05) is 30.3 Å². The number of carboxylic acids is 1. The van der Waals surface area contributed by atoms with Gasteiger partial charge in [-0.2, -0.15) is 0 Å². The Kier molecular flexibility index (Phi) is 7.17. The minimum atomic E-state index is -0.958. The topological polar surface area (TPSA) is 92.9 Å². The highest BCUT2D eigenvalue weighted by atomic mass is 35.5. The zero-order chi connectivity index (χ0) is 24.9. The molecular weight excluding hydrogens is 468 g/mol. The lowest BCUT2D eigenvalue weighted by molar-refractivity contribution is 0.0696. The summed E-state index contributed by atoms with van der Waals surface area (Å²) in [5, 5.41) is 13.7. The lowest BCUT2D eigenvalue weighted by Gasteiger charge is -2.23. The summed E-state index contributed by atoms with van der Waals surface area (Å²) in [5.74, 6) is -0.560. The van der Waals surface area contributed by atoms with Crippen LogP contribution in [-0.2, 0) is 11.2 Å². The number of aromatic nitrogens is 1. The third-order valence-electron chi connectivity index (χ3n) is 5.40. The molecule has 0 saturated heterocycles. The van der Waals surface area contributed by atoms with Gasteiger partial charge in [0.25, 0.3) is 0 Å². The summed E-state index contributed by atoms with van der Waals surface area (Å²) in [7, 11) is 0. The maximum Gasteiger partial charge on any atom is 0.419 e. The Bertz CT molecular complexity index is 1360. The highest BCUT2D eigenvalue weighted by molar-refractivity contribution is 6.34. The predicted octanol–water partition coefficient (Wildman–Crippen LogP) is 6.89. The maximum absolute atomic E-state index is 13.0. The molecule has 1 heterocycles. The number of hydrogen-bond donors (Lipinski definition) is 1. The van der Waals surface area contributed by atoms with E-state index in [0.717, 1.165) is 11.1 Å². The quantitative estimate of drug-likeness (QED) is 0.303. The number of carbonyl (C=O) groups is 2. The van der Waals surface area contributed by atoms with Gasteiger partial charge in [0.15, 0.2) is 5.76 Å². The smallest absolute Gasteiger partial charge is 0.419 e. The van der Waals surface area contributed by atoms with Crippen molar-refractivity contribution >= 4 is 35.0 Å². The molecule has 8 heteroatoms. The van der Waals surface area contributed by atoms with Crippen LogP contribution in [0, 0.1) is 6.92 Å². The lowest BCUT2D eigenvalue weighted by atomic mass is 10.0. The van der Waals surface area contributed by atoms with Crippen molar-refractivity contribution in [3.8, 4) is 11.3 Å². The fraction of sp³-hybridized carbons (Fsp3) is 0.148. The molecule has 35 heavy (non-hydrogen) atoms. The third-order valence-corrected chi connectivity index (χ3v) is 5.72. The molecule has 0 aliphatic carbocycles. The standard InChI is InChI=1S/C27H23ClN2O5/c1-3-34-27(33)30(23-10-5-4-9-22(23)28)24-17(2)29-35-25(24)20-13-11-18(12-14-20)15-19-7-6-8-21(16-19)26(31)32/h4-14,16H,3,15H2,1-2H3,(H,31,32). The number of nitrogens with zero attached hydrogens (tertiary/aromatic N) is 2. The molecule has 0 spiro atoms. The number of ether oxygens (including phenoxy) is 1. The zero-order valence-corrected chi connectivity index (χ0v) is 20.0. The van der Waals surface area contributed by atoms with Crippen molar-refractivity contribution in [2.75, 3.05) is 11.5 Å². The number of aromatic carboxylic acids is 1. The third kappa shape index (κ3) is 5.20. The first-order valence-corrected chi connectivity index (χ1v) is 11.4. The molecule has 1 N–H and O–H groups in total. The second-order valence-corrected chi connectivity index (χ2v) is 8.22. The number of halogens is 1. The van der Waals surface area contributed by atoms with Crippen molar-refractivity contribution < 1.29 is 24.0 Å². The van der Waals surface area contributed by atoms with Gasteiger partial charge in [0.1, 0.15) is 11.4 Å². The first-order valence-electron chi connectivity index (χ1n) is 11.0. The highest BCUT2D eigenvalue weighted by Gasteiger charge is 2.29. The molecule has 0 bridgehead atoms. The maximum atomic E-state index is 13.0. The molecule has 0 saturated carbocycles. The molecule has 4 aromatic rings. The van der Waals surface area contributed by atoms with E-state index in [-0.39, 0.29) is 12.2 Å². The van der Waals surface area contributed by atoms with Gasteiger partial charge in [-0.25, -0.2) is 14.5 Å². The molecular formula is C27H23ClN2O5. The van der Waals surface area contributed by atoms with E-state index < -0.39 is 12.1 Å². The van der Waals surface area contributed by atoms with E-state index in [9.17, 15) is 14.7 Å². The summed E-state index contributed by atoms with van der Waals surface area (Å²) in [6, 6.07) is 21.4. The summed E-state index contributed by atoms with van der Waals surface area (Å²) in [6.45, 7) is 3.67. The minimum absolute atomic E-state index is 0.192. The molecule has 1 aromatic heterocycles. The molecule has 1 amide bonds. The van der Waals surface area contributed by atoms with Gasteiger partial charge in [-0.15, -0.1) is 0 Å². The molecule has 7 nitrogen and oxygen atoms in total. The van der Waals surface area contributed by atoms with Crippen LogP contribution in [0.3, 0.4) is 0 Å². The summed E-state index contributed by atoms with van der Waals surface area (Å²) in [6.07, 6.45) is -0.0266. The van der Waals surface area contributed by atoms with Crippen molar-refractivity contribution in [2.45, 2.75) is 20.3 Å². The lowest BCUT2D eigenvalue weighted by Crippen LogP contribution is -2.27. The summed E-state index contributed by atoms with van der Waals surface area (Å²) in [5.41, 5.74) is 4.24. The van der Waals surface area contributed by atoms with Crippen molar-refractivity contribution in [2.24, 2.45) is 0 Å². The van der Waals surface area contributed by atoms with Crippen molar-refractivity contribution in [3.05, 3.63) is 100 Å². The Labute approximate surface area is 207 Å². The highest BCUT2D eigenvalue weighted by Crippen LogP contribution is 2.41. The second-order valence-electron chi connectivity index (χ2n) is 7.81. The average molecular weight is 491 g/mol. The number of benzene rings is 3. The zero-order valence-electron chi connectivity index (χ0n) is 19.2. The Morgan fingerprint density at radius 1 is 1.03 bits per heavy atom. The molecule has 0 aliphatic rings. The molecule has 0 aliphatic heterocycles. The molecule has 0 unspecified atom stereocenters. The van der Waals surface area contributed by atoms with Gasteiger partial charge >= 0.3 is 12.1 Å². The molecule has 0 atom stereocenters. The fourth-order valence-corrected chi connectivity index (χ4v) is 3.99. The first-order chi connectivity index (χ1) is 16.9. The molecule has 178 valence electrons. The molecule has 3 aromatic carbocycles. The van der Waals surface area contributed by atoms with Crippen LogP contribution in [0.1, 0.15) is 34.1 Å². The predicted molar refractivity (Wildman–Crippen MR) is 133 cm³/mol. The van der Waals surface area contributed by atoms with Crippen LogP contribution < -0.4 is 4.90 Å². The van der Waals surface area contributed by atoms with Gasteiger partial charge in [-0.05, 0) is 55.7 Å². The van der Waals surface area contributed by atoms with Crippen LogP contribution >= 0.6 is 11.6 Å². The monoisotopic (exact) mass is 490 g/mol. The van der Waals surface area contributed by atoms with Crippen LogP contribution in [0.15, 0.2) is 77.3 Å². The van der Waals surface area contributed by atoms with Crippen molar-refractivity contribution in [1.82, 2.24) is 5.16 Å². The average Bonchev–Trinajstić information content (AvgIpc) is 3.22. The van der Waals surface area contributed by atoms with E-state index in [0.29, 0.717) is 39.8 Å². The number of para-hydroxylation sites is 1. The summed E-state index contributed by atoms with van der Waals surface area (Å²) >= 11 is 6.42. The molecule has 0 radical (unpaired) electrons. The summed E-state index contributed by atoms with van der Waals surface area (Å²) in [4.78, 5) is 25.6. The van der Waals surface area contributed by atoms with Gasteiger partial charge in [-0.1, -0.05) is 65.3 Å². The number of carboxylic acid groups (broad SMARTS) is 1. The van der Waals surface area contributed by atoms with E-state index in [1.54, 1.807) is 56.3 Å². The van der Waals surface area contributed by atoms with Gasteiger partial charge in [0.2, 0.25) is 0 Å². The molecule has 0 fully saturated rings. The Balaban J connectivity index is 1.69. The number of carbonyl (C=O) groups excluding carboxylic acids is 1. The normalized spacial score (nSPS) is 10.7. The van der Waals surface area contributed by atoms with Gasteiger partial charge in [-0.3, -0.25) is 0 Å². The fourth-order valence-electron chi connectivity index (χ4n) is 3.77. The molecule has 4 rings (SSSR count). The SMILES string of the molecule is CCOC(=O)N(c1ccccc1Cl)c1c(C)noc1-c1ccc(Cc2cccc(C(=O)O)c2)cc1. The largest absolute Gasteiger partial charge is 0.478 e. The minimum Gasteiger partial charge on any atom is -0.478 e. The number of aryl methyl sites for hydroxylation is 1. The van der Waals surface area contributed by atoms with Gasteiger partial charge in [0.05, 0.1) is 22.9 Å². The van der Waals surface area contributed by atoms with E-state index in [2.05, 4.69) is 5.16 Å². The van der Waals surface area contributed by atoms with Crippen LogP contribution in [0.4, 0.5) is 16.2 Å². The van der Waals surface area contributed by atoms with Crippen LogP contribution in [0.25, 0.3) is 11.3 Å². The van der Waals surface area contributed by atoms with E-state index in [4.69, 9.17) is 20.9 Å². The van der Waals surface area contributed by atoms with E-state index in [1.165, 1.54) is 4.90 Å².